The first-order valence-electron chi connectivity index (χ1n) is 4.05. The molecular weight excluding hydrogens is 289 g/mol. The number of rotatable bonds is 3. The lowest BCUT2D eigenvalue weighted by Crippen LogP contribution is -2.17. The first kappa shape index (κ1) is 12.8. The van der Waals surface area contributed by atoms with Crippen molar-refractivity contribution in [3.05, 3.63) is 40.9 Å². The van der Waals surface area contributed by atoms with Crippen molar-refractivity contribution in [2.75, 3.05) is 0 Å². The van der Waals surface area contributed by atoms with Crippen molar-refractivity contribution < 1.29 is 22.7 Å². The smallest absolute Gasteiger partial charge is 0.406 e. The third-order valence-corrected chi connectivity index (χ3v) is 2.31. The Bertz CT molecular complexity index is 427. The Labute approximate surface area is 97.8 Å². The second kappa shape index (κ2) is 4.69. The van der Waals surface area contributed by atoms with Gasteiger partial charge in [-0.15, -0.1) is 13.2 Å². The van der Waals surface area contributed by atoms with Crippen molar-refractivity contribution in [1.82, 2.24) is 0 Å². The van der Waals surface area contributed by atoms with E-state index in [1.807, 2.05) is 0 Å². The summed E-state index contributed by atoms with van der Waals surface area (Å²) < 4.78 is 39.8. The van der Waals surface area contributed by atoms with Gasteiger partial charge in [-0.05, 0) is 24.3 Å². The summed E-state index contributed by atoms with van der Waals surface area (Å²) in [6.45, 7) is 3.25. The van der Waals surface area contributed by atoms with E-state index in [0.29, 0.717) is 4.47 Å². The summed E-state index contributed by atoms with van der Waals surface area (Å²) in [6.07, 6.45) is -3.76. The fraction of sp³-hybridized carbons (Fsp3) is 0.100. The highest BCUT2D eigenvalue weighted by molar-refractivity contribution is 9.10. The summed E-state index contributed by atoms with van der Waals surface area (Å²) in [5.41, 5.74) is 0.0664. The predicted octanol–water partition coefficient (Wildman–Crippen LogP) is 3.72. The summed E-state index contributed by atoms with van der Waals surface area (Å²) >= 11 is 3.05. The molecule has 1 aromatic rings. The van der Waals surface area contributed by atoms with Crippen LogP contribution in [0.25, 0.3) is 0 Å². The van der Waals surface area contributed by atoms with Crippen LogP contribution in [0.4, 0.5) is 13.2 Å². The van der Waals surface area contributed by atoms with E-state index < -0.39 is 17.9 Å². The van der Waals surface area contributed by atoms with E-state index >= 15 is 0 Å². The first-order valence-corrected chi connectivity index (χ1v) is 4.85. The summed E-state index contributed by atoms with van der Waals surface area (Å²) in [7, 11) is 0. The summed E-state index contributed by atoms with van der Waals surface area (Å²) in [5, 5.41) is 0. The predicted molar refractivity (Wildman–Crippen MR) is 55.4 cm³/mol. The summed E-state index contributed by atoms with van der Waals surface area (Å²) in [5.74, 6) is -0.930. The highest BCUT2D eigenvalue weighted by atomic mass is 79.9. The third kappa shape index (κ3) is 3.37. The van der Waals surface area contributed by atoms with Crippen LogP contribution < -0.4 is 4.74 Å². The molecule has 0 saturated carbocycles. The van der Waals surface area contributed by atoms with E-state index in [-0.39, 0.29) is 5.56 Å². The van der Waals surface area contributed by atoms with Gasteiger partial charge in [0, 0.05) is 10.0 Å². The Morgan fingerprint density at radius 3 is 2.56 bits per heavy atom. The highest BCUT2D eigenvalue weighted by Gasteiger charge is 2.31. The van der Waals surface area contributed by atoms with Crippen LogP contribution in [0.1, 0.15) is 10.4 Å². The molecule has 0 aliphatic rings. The van der Waals surface area contributed by atoms with Gasteiger partial charge in [-0.25, -0.2) is 0 Å². The van der Waals surface area contributed by atoms with Crippen LogP contribution in [0, 0.1) is 0 Å². The van der Waals surface area contributed by atoms with Crippen LogP contribution >= 0.6 is 15.9 Å². The molecule has 0 unspecified atom stereocenters. The first-order chi connectivity index (χ1) is 7.33. The fourth-order valence-corrected chi connectivity index (χ4v) is 1.44. The minimum atomic E-state index is -4.78. The zero-order valence-corrected chi connectivity index (χ0v) is 9.43. The van der Waals surface area contributed by atoms with Crippen LogP contribution in [-0.4, -0.2) is 12.1 Å². The molecule has 0 aliphatic heterocycles. The van der Waals surface area contributed by atoms with Gasteiger partial charge in [0.25, 0.3) is 0 Å². The van der Waals surface area contributed by atoms with Gasteiger partial charge in [0.2, 0.25) is 0 Å². The second-order valence-electron chi connectivity index (χ2n) is 2.76. The second-order valence-corrected chi connectivity index (χ2v) is 3.61. The number of carbonyl (C=O) groups is 1. The number of allylic oxidation sites excluding steroid dienone is 1. The average molecular weight is 295 g/mol. The molecule has 16 heavy (non-hydrogen) atoms. The minimum Gasteiger partial charge on any atom is -0.406 e. The van der Waals surface area contributed by atoms with E-state index in [4.69, 9.17) is 0 Å². The molecule has 6 heteroatoms. The number of alkyl halides is 3. The molecule has 0 radical (unpaired) electrons. The lowest BCUT2D eigenvalue weighted by Gasteiger charge is -2.10. The van der Waals surface area contributed by atoms with Crippen molar-refractivity contribution in [1.29, 1.82) is 0 Å². The topological polar surface area (TPSA) is 26.3 Å². The number of hydrogen-bond donors (Lipinski definition) is 0. The van der Waals surface area contributed by atoms with Crippen molar-refractivity contribution in [3.63, 3.8) is 0 Å². The quantitative estimate of drug-likeness (QED) is 0.627. The van der Waals surface area contributed by atoms with E-state index in [9.17, 15) is 18.0 Å². The SMILES string of the molecule is C=CC(=O)c1cc(OC(F)(F)F)ccc1Br. The molecule has 0 bridgehead atoms. The number of benzene rings is 1. The Morgan fingerprint density at radius 2 is 2.06 bits per heavy atom. The molecule has 0 aliphatic carbocycles. The van der Waals surface area contributed by atoms with Crippen LogP contribution in [0.3, 0.4) is 0 Å². The number of carbonyl (C=O) groups excluding carboxylic acids is 1. The molecule has 2 nitrogen and oxygen atoms in total. The number of halogens is 4. The largest absolute Gasteiger partial charge is 0.573 e. The van der Waals surface area contributed by atoms with Crippen LogP contribution in [-0.2, 0) is 0 Å². The maximum Gasteiger partial charge on any atom is 0.573 e. The summed E-state index contributed by atoms with van der Waals surface area (Å²) in [6, 6.07) is 3.41. The van der Waals surface area contributed by atoms with E-state index in [0.717, 1.165) is 18.2 Å². The fourth-order valence-electron chi connectivity index (χ4n) is 1.00. The Morgan fingerprint density at radius 1 is 1.44 bits per heavy atom. The average Bonchev–Trinajstić information content (AvgIpc) is 2.18. The monoisotopic (exact) mass is 294 g/mol. The molecule has 0 N–H and O–H groups in total. The van der Waals surface area contributed by atoms with Crippen LogP contribution in [0.2, 0.25) is 0 Å². The maximum absolute atomic E-state index is 11.9. The zero-order chi connectivity index (χ0) is 12.3. The van der Waals surface area contributed by atoms with Gasteiger partial charge in [0.15, 0.2) is 5.78 Å². The molecule has 0 spiro atoms. The van der Waals surface area contributed by atoms with Gasteiger partial charge < -0.3 is 4.74 Å². The molecule has 0 saturated heterocycles. The molecule has 86 valence electrons. The lowest BCUT2D eigenvalue weighted by molar-refractivity contribution is -0.274. The van der Waals surface area contributed by atoms with Gasteiger partial charge >= 0.3 is 6.36 Å². The van der Waals surface area contributed by atoms with Crippen LogP contribution in [0.5, 0.6) is 5.75 Å². The number of ether oxygens (including phenoxy) is 1. The van der Waals surface area contributed by atoms with Crippen molar-refractivity contribution in [2.24, 2.45) is 0 Å². The molecule has 0 heterocycles. The standard InChI is InChI=1S/C10H6BrF3O2/c1-2-9(15)7-5-6(3-4-8(7)11)16-10(12,13)14/h2-5H,1H2. The molecule has 0 atom stereocenters. The Kier molecular flexibility index (Phi) is 3.74. The molecule has 0 aromatic heterocycles. The molecule has 1 rings (SSSR count). The van der Waals surface area contributed by atoms with Gasteiger partial charge in [-0.3, -0.25) is 4.79 Å². The van der Waals surface area contributed by atoms with Crippen molar-refractivity contribution in [2.45, 2.75) is 6.36 Å². The number of hydrogen-bond acceptors (Lipinski definition) is 2. The van der Waals surface area contributed by atoms with Gasteiger partial charge in [-0.1, -0.05) is 22.5 Å². The van der Waals surface area contributed by atoms with Gasteiger partial charge in [0.05, 0.1) is 0 Å². The number of ketones is 1. The highest BCUT2D eigenvalue weighted by Crippen LogP contribution is 2.27. The molecule has 0 fully saturated rings. The third-order valence-electron chi connectivity index (χ3n) is 1.62. The zero-order valence-electron chi connectivity index (χ0n) is 7.84. The lowest BCUT2D eigenvalue weighted by atomic mass is 10.1. The van der Waals surface area contributed by atoms with Gasteiger partial charge in [-0.2, -0.15) is 0 Å². The minimum absolute atomic E-state index is 0.0664. The van der Waals surface area contributed by atoms with Gasteiger partial charge in [0.1, 0.15) is 5.75 Å². The van der Waals surface area contributed by atoms with Crippen molar-refractivity contribution >= 4 is 21.7 Å². The molecular formula is C10H6BrF3O2. The van der Waals surface area contributed by atoms with E-state index in [1.54, 1.807) is 0 Å². The Balaban J connectivity index is 3.07. The molecule has 0 amide bonds. The summed E-state index contributed by atoms with van der Waals surface area (Å²) in [4.78, 5) is 11.3. The maximum atomic E-state index is 11.9. The van der Waals surface area contributed by atoms with E-state index in [2.05, 4.69) is 27.2 Å². The van der Waals surface area contributed by atoms with E-state index in [1.165, 1.54) is 6.07 Å². The van der Waals surface area contributed by atoms with Crippen LogP contribution in [0.15, 0.2) is 35.3 Å². The normalized spacial score (nSPS) is 11.0. The molecule has 1 aromatic carbocycles. The van der Waals surface area contributed by atoms with Crippen molar-refractivity contribution in [3.8, 4) is 5.75 Å². The Hall–Kier alpha value is -1.30.